The van der Waals surface area contributed by atoms with Crippen LogP contribution in [-0.4, -0.2) is 25.2 Å². The molecule has 0 atom stereocenters. The van der Waals surface area contributed by atoms with Crippen molar-refractivity contribution in [2.75, 3.05) is 0 Å². The second kappa shape index (κ2) is 6.04. The molecule has 3 aromatic rings. The van der Waals surface area contributed by atoms with Crippen molar-refractivity contribution in [2.45, 2.75) is 39.4 Å². The highest BCUT2D eigenvalue weighted by Gasteiger charge is 2.35. The maximum Gasteiger partial charge on any atom is 0.260 e. The van der Waals surface area contributed by atoms with E-state index in [1.54, 1.807) is 0 Å². The molecule has 1 aliphatic rings. The van der Waals surface area contributed by atoms with E-state index in [9.17, 15) is 13.6 Å². The van der Waals surface area contributed by atoms with E-state index in [1.165, 1.54) is 11.0 Å². The van der Waals surface area contributed by atoms with Gasteiger partial charge in [0.1, 0.15) is 23.0 Å². The number of amides is 1. The molecular weight excluding hydrogens is 350 g/mol. The van der Waals surface area contributed by atoms with Crippen molar-refractivity contribution in [1.29, 1.82) is 0 Å². The zero-order valence-corrected chi connectivity index (χ0v) is 15.4. The number of aromatic nitrogens is 3. The Labute approximate surface area is 155 Å². The molecule has 0 spiro atoms. The van der Waals surface area contributed by atoms with Gasteiger partial charge in [-0.25, -0.2) is 13.5 Å². The van der Waals surface area contributed by atoms with Crippen molar-refractivity contribution in [3.8, 4) is 5.82 Å². The van der Waals surface area contributed by atoms with Gasteiger partial charge in [0.25, 0.3) is 5.91 Å². The fourth-order valence-corrected chi connectivity index (χ4v) is 3.41. The summed E-state index contributed by atoms with van der Waals surface area (Å²) < 4.78 is 31.9. The second-order valence-electron chi connectivity index (χ2n) is 7.68. The minimum atomic E-state index is -0.852. The number of carbonyl (C=O) groups is 1. The van der Waals surface area contributed by atoms with E-state index in [4.69, 9.17) is 5.10 Å². The largest absolute Gasteiger partial charge is 0.328 e. The van der Waals surface area contributed by atoms with Gasteiger partial charge in [-0.2, -0.15) is 5.10 Å². The SMILES string of the molecule is CC(C)(C)n1nc2c(c1-n1cccc1)CN(C(=O)c1c(F)cccc1F)C2. The van der Waals surface area contributed by atoms with Crippen molar-refractivity contribution in [3.05, 3.63) is 71.2 Å². The van der Waals surface area contributed by atoms with Gasteiger partial charge in [-0.15, -0.1) is 0 Å². The smallest absolute Gasteiger partial charge is 0.260 e. The maximum absolute atomic E-state index is 14.0. The Morgan fingerprint density at radius 1 is 1.04 bits per heavy atom. The molecule has 0 unspecified atom stereocenters. The van der Waals surface area contributed by atoms with Crippen LogP contribution in [0.4, 0.5) is 8.78 Å². The normalized spacial score (nSPS) is 13.9. The van der Waals surface area contributed by atoms with E-state index in [0.717, 1.165) is 29.2 Å². The van der Waals surface area contributed by atoms with E-state index < -0.39 is 23.1 Å². The van der Waals surface area contributed by atoms with Crippen LogP contribution < -0.4 is 0 Å². The molecule has 5 nitrogen and oxygen atoms in total. The zero-order valence-electron chi connectivity index (χ0n) is 15.4. The topological polar surface area (TPSA) is 43.1 Å². The summed E-state index contributed by atoms with van der Waals surface area (Å²) in [6.45, 7) is 6.64. The van der Waals surface area contributed by atoms with Crippen LogP contribution >= 0.6 is 0 Å². The van der Waals surface area contributed by atoms with Crippen LogP contribution in [0.3, 0.4) is 0 Å². The van der Waals surface area contributed by atoms with Gasteiger partial charge in [0.2, 0.25) is 0 Å². The molecule has 1 amide bonds. The van der Waals surface area contributed by atoms with Crippen LogP contribution in [-0.2, 0) is 18.6 Å². The maximum atomic E-state index is 14.0. The summed E-state index contributed by atoms with van der Waals surface area (Å²) in [6, 6.07) is 7.27. The summed E-state index contributed by atoms with van der Waals surface area (Å²) in [7, 11) is 0. The number of carbonyl (C=O) groups excluding carboxylic acids is 1. The lowest BCUT2D eigenvalue weighted by molar-refractivity contribution is 0.0738. The molecule has 0 aliphatic carbocycles. The van der Waals surface area contributed by atoms with E-state index in [0.29, 0.717) is 0 Å². The molecule has 0 N–H and O–H groups in total. The minimum absolute atomic E-state index is 0.222. The van der Waals surface area contributed by atoms with Crippen molar-refractivity contribution in [3.63, 3.8) is 0 Å². The summed E-state index contributed by atoms with van der Waals surface area (Å²) in [5.41, 5.74) is 0.870. The standard InChI is InChI=1S/C20H20F2N4O/c1-20(2,3)26-18(24-9-4-5-10-24)13-11-25(12-16(13)23-26)19(27)17-14(21)7-6-8-15(17)22/h4-10H,11-12H2,1-3H3. The van der Waals surface area contributed by atoms with Crippen molar-refractivity contribution in [1.82, 2.24) is 19.2 Å². The van der Waals surface area contributed by atoms with Gasteiger partial charge in [0.15, 0.2) is 0 Å². The third kappa shape index (κ3) is 2.83. The van der Waals surface area contributed by atoms with Crippen LogP contribution in [0, 0.1) is 11.6 Å². The third-order valence-electron chi connectivity index (χ3n) is 4.68. The highest BCUT2D eigenvalue weighted by atomic mass is 19.1. The summed E-state index contributed by atoms with van der Waals surface area (Å²) in [4.78, 5) is 14.2. The number of hydrogen-bond acceptors (Lipinski definition) is 2. The van der Waals surface area contributed by atoms with Crippen LogP contribution in [0.2, 0.25) is 0 Å². The molecule has 3 heterocycles. The number of rotatable bonds is 2. The predicted octanol–water partition coefficient (Wildman–Crippen LogP) is 3.86. The van der Waals surface area contributed by atoms with Gasteiger partial charge in [-0.3, -0.25) is 4.79 Å². The lowest BCUT2D eigenvalue weighted by Crippen LogP contribution is -2.30. The number of benzene rings is 1. The van der Waals surface area contributed by atoms with E-state index in [-0.39, 0.29) is 18.6 Å². The number of nitrogens with zero attached hydrogens (tertiary/aromatic N) is 4. The number of fused-ring (bicyclic) bond motifs is 1. The Kier molecular flexibility index (Phi) is 3.91. The second-order valence-corrected chi connectivity index (χ2v) is 7.68. The van der Waals surface area contributed by atoms with E-state index in [1.807, 2.05) is 33.8 Å². The zero-order chi connectivity index (χ0) is 19.3. The molecule has 2 aromatic heterocycles. The van der Waals surface area contributed by atoms with Gasteiger partial charge >= 0.3 is 0 Å². The van der Waals surface area contributed by atoms with Gasteiger partial charge in [0, 0.05) is 18.0 Å². The highest BCUT2D eigenvalue weighted by molar-refractivity contribution is 5.95. The molecule has 27 heavy (non-hydrogen) atoms. The van der Waals surface area contributed by atoms with Crippen molar-refractivity contribution in [2.24, 2.45) is 0 Å². The first-order chi connectivity index (χ1) is 12.8. The summed E-state index contributed by atoms with van der Waals surface area (Å²) in [5, 5.41) is 4.70. The van der Waals surface area contributed by atoms with Crippen LogP contribution in [0.15, 0.2) is 42.7 Å². The molecule has 0 saturated heterocycles. The van der Waals surface area contributed by atoms with Crippen LogP contribution in [0.5, 0.6) is 0 Å². The predicted molar refractivity (Wildman–Crippen MR) is 96.5 cm³/mol. The first-order valence-electron chi connectivity index (χ1n) is 8.75. The van der Waals surface area contributed by atoms with Gasteiger partial charge in [-0.1, -0.05) is 6.07 Å². The molecule has 0 fully saturated rings. The average molecular weight is 370 g/mol. The Bertz CT molecular complexity index is 995. The number of halogens is 2. The van der Waals surface area contributed by atoms with Crippen LogP contribution in [0.25, 0.3) is 5.82 Å². The van der Waals surface area contributed by atoms with Gasteiger partial charge in [0.05, 0.1) is 24.3 Å². The van der Waals surface area contributed by atoms with Gasteiger partial charge < -0.3 is 9.47 Å². The summed E-state index contributed by atoms with van der Waals surface area (Å²) in [6.07, 6.45) is 3.83. The Balaban J connectivity index is 1.74. The molecule has 1 aliphatic heterocycles. The first-order valence-corrected chi connectivity index (χ1v) is 8.75. The van der Waals surface area contributed by atoms with Crippen LogP contribution in [0.1, 0.15) is 42.4 Å². The Hall–Kier alpha value is -2.96. The molecule has 0 bridgehead atoms. The minimum Gasteiger partial charge on any atom is -0.328 e. The van der Waals surface area contributed by atoms with Crippen molar-refractivity contribution >= 4 is 5.91 Å². The fourth-order valence-electron chi connectivity index (χ4n) is 3.41. The van der Waals surface area contributed by atoms with E-state index in [2.05, 4.69) is 20.8 Å². The first kappa shape index (κ1) is 17.5. The molecule has 1 aromatic carbocycles. The molecule has 0 saturated carbocycles. The molecule has 7 heteroatoms. The lowest BCUT2D eigenvalue weighted by atomic mass is 10.1. The lowest BCUT2D eigenvalue weighted by Gasteiger charge is -2.24. The monoisotopic (exact) mass is 370 g/mol. The Morgan fingerprint density at radius 3 is 2.26 bits per heavy atom. The molecule has 4 rings (SSSR count). The van der Waals surface area contributed by atoms with Gasteiger partial charge in [-0.05, 0) is 45.0 Å². The molecule has 140 valence electrons. The molecular formula is C20H20F2N4O. The van der Waals surface area contributed by atoms with Crippen molar-refractivity contribution < 1.29 is 13.6 Å². The van der Waals surface area contributed by atoms with E-state index >= 15 is 0 Å². The molecule has 0 radical (unpaired) electrons. The third-order valence-corrected chi connectivity index (χ3v) is 4.68. The summed E-state index contributed by atoms with van der Waals surface area (Å²) in [5.74, 6) is -1.50. The Morgan fingerprint density at radius 2 is 1.67 bits per heavy atom. The fraction of sp³-hybridized carbons (Fsp3) is 0.300. The summed E-state index contributed by atoms with van der Waals surface area (Å²) >= 11 is 0. The quantitative estimate of drug-likeness (QED) is 0.687. The highest BCUT2D eigenvalue weighted by Crippen LogP contribution is 2.33. The average Bonchev–Trinajstić information content (AvgIpc) is 3.28. The number of hydrogen-bond donors (Lipinski definition) is 0.